The van der Waals surface area contributed by atoms with Crippen LogP contribution in [0.3, 0.4) is 0 Å². The van der Waals surface area contributed by atoms with E-state index < -0.39 is 0 Å². The highest BCUT2D eigenvalue weighted by Gasteiger charge is 2.23. The molecule has 2 aromatic carbocycles. The van der Waals surface area contributed by atoms with Crippen molar-refractivity contribution in [2.45, 2.75) is 12.6 Å². The summed E-state index contributed by atoms with van der Waals surface area (Å²) in [4.78, 5) is 2.11. The number of methoxy groups -OCH3 is 1. The number of hydrogen-bond acceptors (Lipinski definition) is 5. The summed E-state index contributed by atoms with van der Waals surface area (Å²) >= 11 is 0. The molecule has 0 saturated carbocycles. The molecule has 6 nitrogen and oxygen atoms in total. The Hall–Kier alpha value is -3.06. The first-order valence-corrected chi connectivity index (χ1v) is 9.07. The van der Waals surface area contributed by atoms with Crippen LogP contribution in [0.15, 0.2) is 48.7 Å². The predicted molar refractivity (Wildman–Crippen MR) is 103 cm³/mol. The lowest BCUT2D eigenvalue weighted by atomic mass is 10.1. The minimum absolute atomic E-state index is 0.0760. The number of ether oxygens (including phenoxy) is 3. The first-order valence-electron chi connectivity index (χ1n) is 9.07. The van der Waals surface area contributed by atoms with Crippen LogP contribution in [-0.4, -0.2) is 48.5 Å². The summed E-state index contributed by atoms with van der Waals surface area (Å²) in [6.45, 7) is 1.76. The van der Waals surface area contributed by atoms with Gasteiger partial charge >= 0.3 is 0 Å². The van der Waals surface area contributed by atoms with E-state index in [1.807, 2.05) is 31.3 Å². The Kier molecular flexibility index (Phi) is 5.16. The molecule has 0 amide bonds. The average Bonchev–Trinajstić information content (AvgIpc) is 3.15. The molecule has 1 N–H and O–H groups in total. The van der Waals surface area contributed by atoms with E-state index in [0.717, 1.165) is 17.1 Å². The topological polar surface area (TPSA) is 59.6 Å². The normalized spacial score (nSPS) is 15.6. The summed E-state index contributed by atoms with van der Waals surface area (Å²) in [5.41, 5.74) is 2.04. The number of H-pyrrole nitrogens is 1. The van der Waals surface area contributed by atoms with Gasteiger partial charge in [0.25, 0.3) is 0 Å². The third-order valence-electron chi connectivity index (χ3n) is 4.69. The van der Waals surface area contributed by atoms with Gasteiger partial charge in [-0.15, -0.1) is 0 Å². The Balaban J connectivity index is 1.44. The Morgan fingerprint density at radius 3 is 2.86 bits per heavy atom. The van der Waals surface area contributed by atoms with Crippen LogP contribution in [0.5, 0.6) is 17.2 Å². The number of nitrogens with one attached hydrogen (secondary N) is 1. The van der Waals surface area contributed by atoms with Crippen molar-refractivity contribution in [1.29, 1.82) is 0 Å². The molecule has 1 unspecified atom stereocenters. The Labute approximate surface area is 162 Å². The molecule has 0 saturated heterocycles. The highest BCUT2D eigenvalue weighted by atomic mass is 19.1. The van der Waals surface area contributed by atoms with Gasteiger partial charge in [0.1, 0.15) is 24.3 Å². The number of likely N-dealkylation sites (N-methyl/N-ethyl adjacent to an activating group) is 1. The lowest BCUT2D eigenvalue weighted by Gasteiger charge is -2.29. The number of halogens is 1. The first kappa shape index (κ1) is 18.3. The van der Waals surface area contributed by atoms with E-state index in [1.165, 1.54) is 13.2 Å². The Bertz CT molecular complexity index is 960. The zero-order chi connectivity index (χ0) is 19.5. The van der Waals surface area contributed by atoms with Crippen LogP contribution in [-0.2, 0) is 6.54 Å². The van der Waals surface area contributed by atoms with Crippen LogP contribution in [0.1, 0.15) is 5.56 Å². The second kappa shape index (κ2) is 7.90. The molecule has 146 valence electrons. The maximum absolute atomic E-state index is 14.5. The SMILES string of the molecule is COc1ccc(-c2[nH]ncc2CN(C)CC2COc3ccccc3O2)c(F)c1. The summed E-state index contributed by atoms with van der Waals surface area (Å²) in [7, 11) is 3.51. The molecule has 28 heavy (non-hydrogen) atoms. The van der Waals surface area contributed by atoms with Crippen molar-refractivity contribution in [3.05, 3.63) is 60.0 Å². The second-order valence-corrected chi connectivity index (χ2v) is 6.81. The van der Waals surface area contributed by atoms with Gasteiger partial charge in [-0.25, -0.2) is 4.39 Å². The van der Waals surface area contributed by atoms with Crippen LogP contribution in [0.4, 0.5) is 4.39 Å². The number of aromatic amines is 1. The van der Waals surface area contributed by atoms with Crippen molar-refractivity contribution < 1.29 is 18.6 Å². The summed E-state index contributed by atoms with van der Waals surface area (Å²) in [6, 6.07) is 12.5. The summed E-state index contributed by atoms with van der Waals surface area (Å²) in [5.74, 6) is 1.66. The van der Waals surface area contributed by atoms with E-state index in [2.05, 4.69) is 15.1 Å². The molecule has 0 bridgehead atoms. The van der Waals surface area contributed by atoms with Gasteiger partial charge in [0.2, 0.25) is 0 Å². The van der Waals surface area contributed by atoms with E-state index in [-0.39, 0.29) is 11.9 Å². The number of rotatable bonds is 6. The summed E-state index contributed by atoms with van der Waals surface area (Å²) in [5, 5.41) is 7.02. The minimum Gasteiger partial charge on any atom is -0.497 e. The molecule has 0 radical (unpaired) electrons. The third-order valence-corrected chi connectivity index (χ3v) is 4.69. The number of para-hydroxylation sites is 2. The maximum atomic E-state index is 14.5. The fourth-order valence-corrected chi connectivity index (χ4v) is 3.35. The van der Waals surface area contributed by atoms with Crippen molar-refractivity contribution in [2.75, 3.05) is 27.3 Å². The van der Waals surface area contributed by atoms with Crippen molar-refractivity contribution in [3.63, 3.8) is 0 Å². The lowest BCUT2D eigenvalue weighted by Crippen LogP contribution is -2.39. The van der Waals surface area contributed by atoms with Gasteiger partial charge in [0, 0.05) is 30.3 Å². The number of hydrogen-bond donors (Lipinski definition) is 1. The van der Waals surface area contributed by atoms with Crippen molar-refractivity contribution in [1.82, 2.24) is 15.1 Å². The molecule has 1 aromatic heterocycles. The average molecular weight is 383 g/mol. The molecule has 3 aromatic rings. The fraction of sp³-hybridized carbons (Fsp3) is 0.286. The van der Waals surface area contributed by atoms with Gasteiger partial charge in [0.05, 0.1) is 19.0 Å². The molecular formula is C21H22FN3O3. The molecule has 2 heterocycles. The zero-order valence-electron chi connectivity index (χ0n) is 15.8. The van der Waals surface area contributed by atoms with E-state index in [4.69, 9.17) is 14.2 Å². The van der Waals surface area contributed by atoms with Crippen molar-refractivity contribution in [2.24, 2.45) is 0 Å². The molecule has 0 spiro atoms. The minimum atomic E-state index is -0.354. The predicted octanol–water partition coefficient (Wildman–Crippen LogP) is 3.50. The van der Waals surface area contributed by atoms with Gasteiger partial charge in [-0.1, -0.05) is 12.1 Å². The molecule has 4 rings (SSSR count). The molecule has 1 atom stereocenters. The number of fused-ring (bicyclic) bond motifs is 1. The third kappa shape index (κ3) is 3.80. The lowest BCUT2D eigenvalue weighted by molar-refractivity contribution is 0.0638. The number of aromatic nitrogens is 2. The molecular weight excluding hydrogens is 361 g/mol. The summed E-state index contributed by atoms with van der Waals surface area (Å²) < 4.78 is 31.3. The van der Waals surface area contributed by atoms with Gasteiger partial charge in [-0.2, -0.15) is 5.10 Å². The van der Waals surface area contributed by atoms with Crippen LogP contribution >= 0.6 is 0 Å². The van der Waals surface area contributed by atoms with Crippen molar-refractivity contribution >= 4 is 0 Å². The van der Waals surface area contributed by atoms with Gasteiger partial charge < -0.3 is 14.2 Å². The van der Waals surface area contributed by atoms with Gasteiger partial charge in [-0.05, 0) is 31.3 Å². The van der Waals surface area contributed by atoms with Crippen LogP contribution in [0, 0.1) is 5.82 Å². The van der Waals surface area contributed by atoms with Crippen LogP contribution in [0.2, 0.25) is 0 Å². The molecule has 0 aliphatic carbocycles. The standard InChI is InChI=1S/C21H22FN3O3/c1-25(12-16-13-27-19-5-3-4-6-20(19)28-16)11-14-10-23-24-21(14)17-8-7-15(26-2)9-18(17)22/h3-10,16H,11-13H2,1-2H3,(H,23,24). The van der Waals surface area contributed by atoms with E-state index in [1.54, 1.807) is 18.3 Å². The van der Waals surface area contributed by atoms with Gasteiger partial charge in [0.15, 0.2) is 11.5 Å². The highest BCUT2D eigenvalue weighted by Crippen LogP contribution is 2.31. The molecule has 7 heteroatoms. The number of nitrogens with zero attached hydrogens (tertiary/aromatic N) is 2. The summed E-state index contributed by atoms with van der Waals surface area (Å²) in [6.07, 6.45) is 1.65. The molecule has 1 aliphatic heterocycles. The smallest absolute Gasteiger partial charge is 0.161 e. The highest BCUT2D eigenvalue weighted by molar-refractivity contribution is 5.64. The Morgan fingerprint density at radius 1 is 1.25 bits per heavy atom. The number of benzene rings is 2. The van der Waals surface area contributed by atoms with E-state index >= 15 is 0 Å². The maximum Gasteiger partial charge on any atom is 0.161 e. The monoisotopic (exact) mass is 383 g/mol. The van der Waals surface area contributed by atoms with Crippen LogP contribution < -0.4 is 14.2 Å². The van der Waals surface area contributed by atoms with E-state index in [9.17, 15) is 4.39 Å². The zero-order valence-corrected chi connectivity index (χ0v) is 15.8. The second-order valence-electron chi connectivity index (χ2n) is 6.81. The fourth-order valence-electron chi connectivity index (χ4n) is 3.35. The molecule has 0 fully saturated rings. The molecule has 1 aliphatic rings. The van der Waals surface area contributed by atoms with E-state index in [0.29, 0.717) is 36.7 Å². The van der Waals surface area contributed by atoms with Crippen molar-refractivity contribution in [3.8, 4) is 28.5 Å². The van der Waals surface area contributed by atoms with Crippen LogP contribution in [0.25, 0.3) is 11.3 Å². The quantitative estimate of drug-likeness (QED) is 0.706. The first-order chi connectivity index (χ1) is 13.6. The Morgan fingerprint density at radius 2 is 2.07 bits per heavy atom. The largest absolute Gasteiger partial charge is 0.497 e. The van der Waals surface area contributed by atoms with Gasteiger partial charge in [-0.3, -0.25) is 10.00 Å².